The Morgan fingerprint density at radius 3 is 2.62 bits per heavy atom. The lowest BCUT2D eigenvalue weighted by Crippen LogP contribution is -2.52. The molecule has 0 bridgehead atoms. The number of benzene rings is 1. The van der Waals surface area contributed by atoms with E-state index in [2.05, 4.69) is 32.9 Å². The van der Waals surface area contributed by atoms with Crippen molar-refractivity contribution in [3.8, 4) is 5.75 Å². The van der Waals surface area contributed by atoms with Gasteiger partial charge in [-0.1, -0.05) is 31.4 Å². The van der Waals surface area contributed by atoms with Gasteiger partial charge in [0, 0.05) is 52.2 Å². The highest BCUT2D eigenvalue weighted by Gasteiger charge is 2.33. The minimum Gasteiger partial charge on any atom is -0.493 e. The van der Waals surface area contributed by atoms with Crippen LogP contribution in [0.5, 0.6) is 5.75 Å². The van der Waals surface area contributed by atoms with E-state index in [9.17, 15) is 4.79 Å². The van der Waals surface area contributed by atoms with Crippen molar-refractivity contribution in [2.45, 2.75) is 45.1 Å². The summed E-state index contributed by atoms with van der Waals surface area (Å²) in [5, 5.41) is 0. The molecule has 1 aromatic carbocycles. The van der Waals surface area contributed by atoms with Gasteiger partial charge in [-0.05, 0) is 41.9 Å². The molecule has 0 N–H and O–H groups in total. The summed E-state index contributed by atoms with van der Waals surface area (Å²) < 4.78 is 5.62. The van der Waals surface area contributed by atoms with Gasteiger partial charge in [-0.2, -0.15) is 0 Å². The lowest BCUT2D eigenvalue weighted by atomic mass is 9.75. The molecule has 1 saturated carbocycles. The Morgan fingerprint density at radius 2 is 1.76 bits per heavy atom. The van der Waals surface area contributed by atoms with E-state index < -0.39 is 0 Å². The first-order valence-corrected chi connectivity index (χ1v) is 11.7. The predicted molar refractivity (Wildman–Crippen MR) is 114 cm³/mol. The van der Waals surface area contributed by atoms with Gasteiger partial charge in [-0.25, -0.2) is 0 Å². The minimum atomic E-state index is 0.362. The van der Waals surface area contributed by atoms with Gasteiger partial charge in [-0.3, -0.25) is 14.6 Å². The van der Waals surface area contributed by atoms with Gasteiger partial charge >= 0.3 is 0 Å². The van der Waals surface area contributed by atoms with Crippen LogP contribution in [0.2, 0.25) is 0 Å². The number of amides is 1. The van der Waals surface area contributed by atoms with Crippen LogP contribution in [-0.2, 0) is 17.8 Å². The highest BCUT2D eigenvalue weighted by atomic mass is 16.5. The molecule has 3 fully saturated rings. The third-order valence-electron chi connectivity index (χ3n) is 7.63. The molecule has 5 rings (SSSR count). The van der Waals surface area contributed by atoms with Crippen LogP contribution in [0.25, 0.3) is 0 Å². The lowest BCUT2D eigenvalue weighted by Gasteiger charge is -2.42. The average molecular weight is 398 g/mol. The summed E-state index contributed by atoms with van der Waals surface area (Å²) in [5.74, 6) is 3.09. The number of piperazine rings is 1. The number of nitrogens with zero attached hydrogens (tertiary/aromatic N) is 3. The molecule has 0 unspecified atom stereocenters. The van der Waals surface area contributed by atoms with Gasteiger partial charge < -0.3 is 9.64 Å². The Kier molecular flexibility index (Phi) is 5.78. The number of likely N-dealkylation sites (tertiary alicyclic amines) is 1. The van der Waals surface area contributed by atoms with Crippen molar-refractivity contribution < 1.29 is 9.53 Å². The van der Waals surface area contributed by atoms with Crippen molar-refractivity contribution in [2.24, 2.45) is 11.8 Å². The summed E-state index contributed by atoms with van der Waals surface area (Å²) in [7, 11) is 0. The zero-order valence-electron chi connectivity index (χ0n) is 17.7. The molecule has 1 amide bonds. The van der Waals surface area contributed by atoms with Gasteiger partial charge in [0.05, 0.1) is 13.2 Å². The SMILES string of the molecule is O=C(CN1CCN(Cc2ccc3c(c2)CCO3)CC1)N1CC[C@H]2CCCC[C@H]2C1. The zero-order valence-corrected chi connectivity index (χ0v) is 17.7. The monoisotopic (exact) mass is 397 g/mol. The maximum absolute atomic E-state index is 12.9. The molecule has 4 aliphatic rings. The summed E-state index contributed by atoms with van der Waals surface area (Å²) in [6.45, 7) is 8.54. The van der Waals surface area contributed by atoms with Crippen molar-refractivity contribution in [1.29, 1.82) is 0 Å². The Morgan fingerprint density at radius 1 is 0.966 bits per heavy atom. The second kappa shape index (κ2) is 8.65. The third kappa shape index (κ3) is 4.46. The lowest BCUT2D eigenvalue weighted by molar-refractivity contribution is -0.136. The van der Waals surface area contributed by atoms with Crippen molar-refractivity contribution in [3.63, 3.8) is 0 Å². The molecule has 3 aliphatic heterocycles. The quantitative estimate of drug-likeness (QED) is 0.783. The molecular weight excluding hydrogens is 362 g/mol. The smallest absolute Gasteiger partial charge is 0.236 e. The van der Waals surface area contributed by atoms with Gasteiger partial charge in [0.1, 0.15) is 5.75 Å². The fraction of sp³-hybridized carbons (Fsp3) is 0.708. The van der Waals surface area contributed by atoms with E-state index in [0.29, 0.717) is 12.5 Å². The van der Waals surface area contributed by atoms with E-state index in [1.54, 1.807) is 0 Å². The van der Waals surface area contributed by atoms with Crippen LogP contribution in [0, 0.1) is 11.8 Å². The van der Waals surface area contributed by atoms with E-state index in [0.717, 1.165) is 76.4 Å². The van der Waals surface area contributed by atoms with Crippen LogP contribution < -0.4 is 4.74 Å². The fourth-order valence-corrected chi connectivity index (χ4v) is 5.82. The summed E-state index contributed by atoms with van der Waals surface area (Å²) in [6.07, 6.45) is 7.77. The maximum Gasteiger partial charge on any atom is 0.236 e. The molecule has 29 heavy (non-hydrogen) atoms. The number of hydrogen-bond acceptors (Lipinski definition) is 4. The third-order valence-corrected chi connectivity index (χ3v) is 7.63. The fourth-order valence-electron chi connectivity index (χ4n) is 5.82. The van der Waals surface area contributed by atoms with E-state index in [-0.39, 0.29) is 0 Å². The summed E-state index contributed by atoms with van der Waals surface area (Å²) in [4.78, 5) is 19.9. The van der Waals surface area contributed by atoms with E-state index in [1.165, 1.54) is 43.2 Å². The molecular formula is C24H35N3O2. The number of piperidine rings is 1. The first-order chi connectivity index (χ1) is 14.2. The molecule has 158 valence electrons. The Balaban J connectivity index is 1.07. The number of rotatable bonds is 4. The van der Waals surface area contributed by atoms with Gasteiger partial charge in [0.25, 0.3) is 0 Å². The van der Waals surface area contributed by atoms with Crippen molar-refractivity contribution in [2.75, 3.05) is 52.4 Å². The van der Waals surface area contributed by atoms with Crippen LogP contribution in [0.4, 0.5) is 0 Å². The Bertz CT molecular complexity index is 729. The summed E-state index contributed by atoms with van der Waals surface area (Å²) >= 11 is 0. The molecule has 2 atom stereocenters. The number of carbonyl (C=O) groups excluding carboxylic acids is 1. The van der Waals surface area contributed by atoms with E-state index in [4.69, 9.17) is 4.74 Å². The minimum absolute atomic E-state index is 0.362. The zero-order chi connectivity index (χ0) is 19.6. The second-order valence-corrected chi connectivity index (χ2v) is 9.53. The molecule has 5 nitrogen and oxygen atoms in total. The summed E-state index contributed by atoms with van der Waals surface area (Å²) in [5.41, 5.74) is 2.74. The molecule has 0 spiro atoms. The normalized spacial score (nSPS) is 27.9. The Hall–Kier alpha value is -1.59. The molecule has 0 aromatic heterocycles. The molecule has 5 heteroatoms. The predicted octanol–water partition coefficient (Wildman–Crippen LogP) is 2.78. The van der Waals surface area contributed by atoms with Crippen molar-refractivity contribution in [3.05, 3.63) is 29.3 Å². The first-order valence-electron chi connectivity index (χ1n) is 11.7. The first kappa shape index (κ1) is 19.4. The van der Waals surface area contributed by atoms with Gasteiger partial charge in [0.15, 0.2) is 0 Å². The molecule has 2 saturated heterocycles. The van der Waals surface area contributed by atoms with E-state index in [1.807, 2.05) is 0 Å². The summed E-state index contributed by atoms with van der Waals surface area (Å²) in [6, 6.07) is 6.64. The van der Waals surface area contributed by atoms with Gasteiger partial charge in [0.2, 0.25) is 5.91 Å². The number of hydrogen-bond donors (Lipinski definition) is 0. The number of fused-ring (bicyclic) bond motifs is 2. The van der Waals surface area contributed by atoms with Crippen LogP contribution >= 0.6 is 0 Å². The number of ether oxygens (including phenoxy) is 1. The van der Waals surface area contributed by atoms with Crippen LogP contribution in [0.3, 0.4) is 0 Å². The molecule has 3 heterocycles. The largest absolute Gasteiger partial charge is 0.493 e. The average Bonchev–Trinajstić information content (AvgIpc) is 3.23. The molecule has 1 aliphatic carbocycles. The topological polar surface area (TPSA) is 36.0 Å². The van der Waals surface area contributed by atoms with Crippen molar-refractivity contribution >= 4 is 5.91 Å². The standard InChI is InChI=1S/C24H35N3O2/c28-24(27-9-7-20-3-1-2-4-22(20)17-27)18-26-12-10-25(11-13-26)16-19-5-6-23-21(15-19)8-14-29-23/h5-6,15,20,22H,1-4,7-14,16-18H2/t20-,22+/m1/s1. The van der Waals surface area contributed by atoms with Gasteiger partial charge in [-0.15, -0.1) is 0 Å². The Labute approximate surface area is 175 Å². The highest BCUT2D eigenvalue weighted by molar-refractivity contribution is 5.78. The van der Waals surface area contributed by atoms with Crippen LogP contribution in [-0.4, -0.2) is 73.0 Å². The molecule has 1 aromatic rings. The maximum atomic E-state index is 12.9. The van der Waals surface area contributed by atoms with Crippen molar-refractivity contribution in [1.82, 2.24) is 14.7 Å². The van der Waals surface area contributed by atoms with Crippen LogP contribution in [0.1, 0.15) is 43.2 Å². The highest BCUT2D eigenvalue weighted by Crippen LogP contribution is 2.36. The second-order valence-electron chi connectivity index (χ2n) is 9.53. The number of carbonyl (C=O) groups is 1. The van der Waals surface area contributed by atoms with E-state index >= 15 is 0 Å². The van der Waals surface area contributed by atoms with Crippen LogP contribution in [0.15, 0.2) is 18.2 Å². The molecule has 0 radical (unpaired) electrons.